The lowest BCUT2D eigenvalue weighted by molar-refractivity contribution is -0.150. The summed E-state index contributed by atoms with van der Waals surface area (Å²) in [5.41, 5.74) is 2.29. The van der Waals surface area contributed by atoms with Crippen molar-refractivity contribution in [1.82, 2.24) is 15.2 Å². The van der Waals surface area contributed by atoms with Crippen LogP contribution >= 0.6 is 0 Å². The zero-order chi connectivity index (χ0) is 28.4. The molecule has 1 aromatic heterocycles. The molecule has 210 valence electrons. The van der Waals surface area contributed by atoms with Gasteiger partial charge in [-0.1, -0.05) is 44.2 Å². The molecule has 2 amide bonds. The predicted octanol–water partition coefficient (Wildman–Crippen LogP) is 4.28. The summed E-state index contributed by atoms with van der Waals surface area (Å²) < 4.78 is 11.8. The van der Waals surface area contributed by atoms with Crippen molar-refractivity contribution in [3.05, 3.63) is 54.6 Å². The van der Waals surface area contributed by atoms with E-state index < -0.39 is 30.1 Å². The van der Waals surface area contributed by atoms with Gasteiger partial charge in [0.2, 0.25) is 11.8 Å². The van der Waals surface area contributed by atoms with Crippen LogP contribution in [0.25, 0.3) is 22.2 Å². The molecule has 1 aliphatic carbocycles. The average Bonchev–Trinajstić information content (AvgIpc) is 3.66. The third-order valence-electron chi connectivity index (χ3n) is 7.59. The molecule has 3 atom stereocenters. The van der Waals surface area contributed by atoms with Crippen molar-refractivity contribution in [2.45, 2.75) is 57.7 Å². The van der Waals surface area contributed by atoms with Gasteiger partial charge in [-0.3, -0.25) is 9.59 Å². The molecule has 1 saturated carbocycles. The van der Waals surface area contributed by atoms with Crippen molar-refractivity contribution < 1.29 is 29.0 Å². The van der Waals surface area contributed by atoms with Gasteiger partial charge in [-0.15, -0.1) is 0 Å². The lowest BCUT2D eigenvalue weighted by atomic mass is 10.0. The van der Waals surface area contributed by atoms with Crippen molar-refractivity contribution in [2.24, 2.45) is 11.8 Å². The van der Waals surface area contributed by atoms with Crippen LogP contribution < -0.4 is 14.8 Å². The maximum Gasteiger partial charge on any atom is 0.326 e. The van der Waals surface area contributed by atoms with E-state index in [1.807, 2.05) is 68.4 Å². The molecule has 5 rings (SSSR count). The van der Waals surface area contributed by atoms with Crippen LogP contribution in [0.2, 0.25) is 0 Å². The van der Waals surface area contributed by atoms with Gasteiger partial charge in [0.05, 0.1) is 24.9 Å². The summed E-state index contributed by atoms with van der Waals surface area (Å²) >= 11 is 0. The van der Waals surface area contributed by atoms with Crippen LogP contribution in [-0.2, 0) is 14.4 Å². The normalized spacial score (nSPS) is 19.4. The van der Waals surface area contributed by atoms with Crippen molar-refractivity contribution in [3.63, 3.8) is 0 Å². The number of carboxylic acid groups (broad SMARTS) is 1. The Hall–Kier alpha value is -4.14. The fraction of sp³-hybridized carbons (Fsp3) is 0.419. The summed E-state index contributed by atoms with van der Waals surface area (Å²) in [7, 11) is 1.59. The number of rotatable bonds is 10. The molecule has 40 heavy (non-hydrogen) atoms. The number of nitrogens with one attached hydrogen (secondary N) is 1. The molecule has 2 aromatic carbocycles. The quantitative estimate of drug-likeness (QED) is 0.390. The Kier molecular flexibility index (Phi) is 7.91. The standard InChI is InChI=1S/C31H35N3O6/c1-18(2)29(33-28(35)13-19-9-10-19)30(36)34-17-22(15-26(34)31(37)38)40-27-16-24(20-7-5-4-6-8-20)32-25-14-21(39-3)11-12-23(25)27/h4-8,11-12,14,16,18-19,22,26,29H,9-10,13,15,17H2,1-3H3,(H,33,35)(H,37,38). The minimum atomic E-state index is -1.10. The van der Waals surface area contributed by atoms with Crippen LogP contribution in [0.15, 0.2) is 54.6 Å². The molecule has 1 saturated heterocycles. The minimum absolute atomic E-state index is 0.0954. The molecule has 0 radical (unpaired) electrons. The van der Waals surface area contributed by atoms with Gasteiger partial charge in [-0.05, 0) is 36.8 Å². The second-order valence-corrected chi connectivity index (χ2v) is 11.0. The number of carbonyl (C=O) groups excluding carboxylic acids is 2. The molecule has 2 fully saturated rings. The number of amides is 2. The second-order valence-electron chi connectivity index (χ2n) is 11.0. The molecule has 9 heteroatoms. The first-order valence-corrected chi connectivity index (χ1v) is 13.8. The highest BCUT2D eigenvalue weighted by atomic mass is 16.5. The summed E-state index contributed by atoms with van der Waals surface area (Å²) in [5, 5.41) is 13.6. The van der Waals surface area contributed by atoms with Gasteiger partial charge in [0.15, 0.2) is 0 Å². The number of methoxy groups -OCH3 is 1. The fourth-order valence-electron chi connectivity index (χ4n) is 5.21. The smallest absolute Gasteiger partial charge is 0.326 e. The summed E-state index contributed by atoms with van der Waals surface area (Å²) in [6, 6.07) is 15.2. The van der Waals surface area contributed by atoms with E-state index in [9.17, 15) is 19.5 Å². The highest BCUT2D eigenvalue weighted by Gasteiger charge is 2.44. The van der Waals surface area contributed by atoms with Crippen LogP contribution in [0.1, 0.15) is 39.5 Å². The maximum absolute atomic E-state index is 13.6. The lowest BCUT2D eigenvalue weighted by Gasteiger charge is -2.29. The molecule has 2 heterocycles. The Labute approximate surface area is 233 Å². The average molecular weight is 546 g/mol. The van der Waals surface area contributed by atoms with Crippen molar-refractivity contribution in [3.8, 4) is 22.8 Å². The highest BCUT2D eigenvalue weighted by molar-refractivity contribution is 5.92. The van der Waals surface area contributed by atoms with Crippen LogP contribution in [0.3, 0.4) is 0 Å². The fourth-order valence-corrected chi connectivity index (χ4v) is 5.21. The summed E-state index contributed by atoms with van der Waals surface area (Å²) in [4.78, 5) is 44.6. The number of hydrogen-bond donors (Lipinski definition) is 2. The van der Waals surface area contributed by atoms with E-state index >= 15 is 0 Å². The molecule has 9 nitrogen and oxygen atoms in total. The van der Waals surface area contributed by atoms with Gasteiger partial charge in [-0.25, -0.2) is 9.78 Å². The van der Waals surface area contributed by atoms with E-state index in [2.05, 4.69) is 5.32 Å². The Morgan fingerprint density at radius 3 is 2.50 bits per heavy atom. The molecule has 0 spiro atoms. The summed E-state index contributed by atoms with van der Waals surface area (Å²) in [5.74, 6) is -0.267. The number of nitrogens with zero attached hydrogens (tertiary/aromatic N) is 2. The van der Waals surface area contributed by atoms with Gasteiger partial charge in [0.25, 0.3) is 0 Å². The topological polar surface area (TPSA) is 118 Å². The first-order chi connectivity index (χ1) is 19.2. The van der Waals surface area contributed by atoms with E-state index in [1.54, 1.807) is 7.11 Å². The van der Waals surface area contributed by atoms with Gasteiger partial charge < -0.3 is 24.8 Å². The molecule has 2 aliphatic rings. The number of likely N-dealkylation sites (tertiary alicyclic amines) is 1. The van der Waals surface area contributed by atoms with Crippen LogP contribution in [0, 0.1) is 11.8 Å². The van der Waals surface area contributed by atoms with Crippen LogP contribution in [0.4, 0.5) is 0 Å². The van der Waals surface area contributed by atoms with E-state index in [1.165, 1.54) is 4.90 Å². The molecule has 3 aromatic rings. The Bertz CT molecular complexity index is 1400. The number of hydrogen-bond acceptors (Lipinski definition) is 6. The van der Waals surface area contributed by atoms with Crippen LogP contribution in [0.5, 0.6) is 11.5 Å². The van der Waals surface area contributed by atoms with E-state index in [4.69, 9.17) is 14.5 Å². The van der Waals surface area contributed by atoms with Gasteiger partial charge in [0, 0.05) is 35.9 Å². The molecule has 3 unspecified atom stereocenters. The minimum Gasteiger partial charge on any atom is -0.497 e. The Morgan fingerprint density at radius 1 is 1.10 bits per heavy atom. The Morgan fingerprint density at radius 2 is 1.85 bits per heavy atom. The molecular formula is C31H35N3O6. The van der Waals surface area contributed by atoms with Crippen molar-refractivity contribution in [1.29, 1.82) is 0 Å². The number of pyridine rings is 1. The highest BCUT2D eigenvalue weighted by Crippen LogP contribution is 2.35. The third-order valence-corrected chi connectivity index (χ3v) is 7.59. The van der Waals surface area contributed by atoms with Crippen molar-refractivity contribution in [2.75, 3.05) is 13.7 Å². The molecule has 2 N–H and O–H groups in total. The first-order valence-electron chi connectivity index (χ1n) is 13.8. The number of carboxylic acids is 1. The number of fused-ring (bicyclic) bond motifs is 1. The number of ether oxygens (including phenoxy) is 2. The number of carbonyl (C=O) groups is 3. The molecule has 0 bridgehead atoms. The van der Waals surface area contributed by atoms with Crippen molar-refractivity contribution >= 4 is 28.7 Å². The monoisotopic (exact) mass is 545 g/mol. The van der Waals surface area contributed by atoms with Gasteiger partial charge >= 0.3 is 5.97 Å². The molecular weight excluding hydrogens is 510 g/mol. The lowest BCUT2D eigenvalue weighted by Crippen LogP contribution is -2.54. The predicted molar refractivity (Wildman–Crippen MR) is 150 cm³/mol. The number of aliphatic carboxylic acids is 1. The zero-order valence-electron chi connectivity index (χ0n) is 23.0. The Balaban J connectivity index is 1.41. The summed E-state index contributed by atoms with van der Waals surface area (Å²) in [6.07, 6.45) is 2.03. The third kappa shape index (κ3) is 6.03. The van der Waals surface area contributed by atoms with Gasteiger partial charge in [-0.2, -0.15) is 0 Å². The largest absolute Gasteiger partial charge is 0.497 e. The second kappa shape index (κ2) is 11.5. The molecule has 1 aliphatic heterocycles. The maximum atomic E-state index is 13.6. The van der Waals surface area contributed by atoms with E-state index in [-0.39, 0.29) is 24.8 Å². The summed E-state index contributed by atoms with van der Waals surface area (Å²) in [6.45, 7) is 3.79. The SMILES string of the molecule is COc1ccc2c(OC3CC(C(=O)O)N(C(=O)C(NC(=O)CC4CC4)C(C)C)C3)cc(-c3ccccc3)nc2c1. The van der Waals surface area contributed by atoms with E-state index in [0.29, 0.717) is 35.0 Å². The van der Waals surface area contributed by atoms with Crippen LogP contribution in [-0.4, -0.2) is 64.6 Å². The first kappa shape index (κ1) is 27.4. The zero-order valence-corrected chi connectivity index (χ0v) is 23.0. The number of benzene rings is 2. The van der Waals surface area contributed by atoms with Gasteiger partial charge in [0.1, 0.15) is 29.7 Å². The number of aromatic nitrogens is 1. The van der Waals surface area contributed by atoms with E-state index in [0.717, 1.165) is 23.8 Å².